The van der Waals surface area contributed by atoms with Gasteiger partial charge < -0.3 is 10.4 Å². The van der Waals surface area contributed by atoms with Gasteiger partial charge in [-0.3, -0.25) is 0 Å². The molecule has 0 atom stereocenters. The zero-order valence-corrected chi connectivity index (χ0v) is 10.7. The molecule has 1 aromatic heterocycles. The molecule has 1 saturated carbocycles. The van der Waals surface area contributed by atoms with Crippen molar-refractivity contribution in [1.29, 1.82) is 5.26 Å². The number of hydrogen-bond acceptors (Lipinski definition) is 4. The summed E-state index contributed by atoms with van der Waals surface area (Å²) in [7, 11) is 0. The number of hydrogen-bond donors (Lipinski definition) is 2. The average Bonchev–Trinajstić information content (AvgIpc) is 2.80. The summed E-state index contributed by atoms with van der Waals surface area (Å²) >= 11 is 1.56. The Kier molecular flexibility index (Phi) is 4.55. The molecule has 0 aromatic carbocycles. The van der Waals surface area contributed by atoms with Gasteiger partial charge in [-0.25, -0.2) is 0 Å². The van der Waals surface area contributed by atoms with Crippen molar-refractivity contribution in [3.8, 4) is 6.07 Å². The van der Waals surface area contributed by atoms with Gasteiger partial charge in [-0.15, -0.1) is 11.3 Å². The van der Waals surface area contributed by atoms with Crippen LogP contribution in [0.1, 0.15) is 35.4 Å². The molecular weight excluding hydrogens is 232 g/mol. The van der Waals surface area contributed by atoms with Crippen molar-refractivity contribution in [1.82, 2.24) is 5.32 Å². The second-order valence-electron chi connectivity index (χ2n) is 4.68. The van der Waals surface area contributed by atoms with E-state index in [4.69, 9.17) is 5.26 Å². The SMILES string of the molecule is N#Cc1ccc(CNCC2CCC(O)CC2)s1. The summed E-state index contributed by atoms with van der Waals surface area (Å²) in [5, 5.41) is 21.6. The van der Waals surface area contributed by atoms with Gasteiger partial charge in [0.2, 0.25) is 0 Å². The van der Waals surface area contributed by atoms with Crippen LogP contribution >= 0.6 is 11.3 Å². The largest absolute Gasteiger partial charge is 0.393 e. The fourth-order valence-corrected chi connectivity index (χ4v) is 3.06. The minimum Gasteiger partial charge on any atom is -0.393 e. The van der Waals surface area contributed by atoms with Crippen molar-refractivity contribution in [3.05, 3.63) is 21.9 Å². The Morgan fingerprint density at radius 3 is 2.76 bits per heavy atom. The quantitative estimate of drug-likeness (QED) is 0.862. The lowest BCUT2D eigenvalue weighted by Gasteiger charge is -2.25. The van der Waals surface area contributed by atoms with Crippen LogP contribution in [0.2, 0.25) is 0 Å². The van der Waals surface area contributed by atoms with Gasteiger partial charge in [0.25, 0.3) is 0 Å². The van der Waals surface area contributed by atoms with E-state index in [-0.39, 0.29) is 6.10 Å². The molecule has 0 saturated heterocycles. The summed E-state index contributed by atoms with van der Waals surface area (Å²) in [6.07, 6.45) is 4.08. The number of nitrogens with zero attached hydrogens (tertiary/aromatic N) is 1. The topological polar surface area (TPSA) is 56.0 Å². The molecule has 1 aliphatic carbocycles. The van der Waals surface area contributed by atoms with Crippen molar-refractivity contribution in [2.24, 2.45) is 5.92 Å². The smallest absolute Gasteiger partial charge is 0.110 e. The third-order valence-corrected chi connectivity index (χ3v) is 4.31. The van der Waals surface area contributed by atoms with E-state index in [2.05, 4.69) is 11.4 Å². The highest BCUT2D eigenvalue weighted by atomic mass is 32.1. The maximum Gasteiger partial charge on any atom is 0.110 e. The summed E-state index contributed by atoms with van der Waals surface area (Å²) in [5.74, 6) is 0.703. The number of nitriles is 1. The van der Waals surface area contributed by atoms with Gasteiger partial charge in [0.05, 0.1) is 6.10 Å². The Labute approximate surface area is 106 Å². The maximum atomic E-state index is 9.41. The van der Waals surface area contributed by atoms with Crippen LogP contribution < -0.4 is 5.32 Å². The molecule has 0 amide bonds. The van der Waals surface area contributed by atoms with Crippen LogP contribution in [0, 0.1) is 17.2 Å². The molecule has 1 fully saturated rings. The first-order valence-corrected chi connectivity index (χ1v) is 6.97. The fourth-order valence-electron chi connectivity index (χ4n) is 2.28. The normalized spacial score (nSPS) is 24.5. The van der Waals surface area contributed by atoms with Crippen LogP contribution in [0.3, 0.4) is 0 Å². The Morgan fingerprint density at radius 2 is 2.12 bits per heavy atom. The lowest BCUT2D eigenvalue weighted by molar-refractivity contribution is 0.108. The van der Waals surface area contributed by atoms with Crippen LogP contribution in [-0.4, -0.2) is 17.8 Å². The molecule has 1 heterocycles. The average molecular weight is 250 g/mol. The molecule has 3 nitrogen and oxygen atoms in total. The third-order valence-electron chi connectivity index (χ3n) is 3.32. The lowest BCUT2D eigenvalue weighted by atomic mass is 9.87. The van der Waals surface area contributed by atoms with E-state index >= 15 is 0 Å². The van der Waals surface area contributed by atoms with Crippen molar-refractivity contribution < 1.29 is 5.11 Å². The molecular formula is C13H18N2OS. The summed E-state index contributed by atoms with van der Waals surface area (Å²) in [5.41, 5.74) is 0. The van der Waals surface area contributed by atoms with E-state index in [9.17, 15) is 5.11 Å². The molecule has 17 heavy (non-hydrogen) atoms. The predicted molar refractivity (Wildman–Crippen MR) is 68.7 cm³/mol. The van der Waals surface area contributed by atoms with E-state index < -0.39 is 0 Å². The molecule has 0 aliphatic heterocycles. The molecule has 0 unspecified atom stereocenters. The van der Waals surface area contributed by atoms with Gasteiger partial charge in [-0.2, -0.15) is 5.26 Å². The minimum absolute atomic E-state index is 0.0678. The standard InChI is InChI=1S/C13H18N2OS/c14-7-12-5-6-13(17-12)9-15-8-10-1-3-11(16)4-2-10/h5-6,10-11,15-16H,1-4,8-9H2. The van der Waals surface area contributed by atoms with Crippen LogP contribution in [0.4, 0.5) is 0 Å². The first kappa shape index (κ1) is 12.6. The zero-order valence-electron chi connectivity index (χ0n) is 9.85. The lowest BCUT2D eigenvalue weighted by Crippen LogP contribution is -2.27. The van der Waals surface area contributed by atoms with Gasteiger partial charge >= 0.3 is 0 Å². The number of thiophene rings is 1. The van der Waals surface area contributed by atoms with Crippen molar-refractivity contribution in [2.75, 3.05) is 6.54 Å². The van der Waals surface area contributed by atoms with Crippen molar-refractivity contribution >= 4 is 11.3 Å². The van der Waals surface area contributed by atoms with Gasteiger partial charge in [-0.1, -0.05) is 0 Å². The van der Waals surface area contributed by atoms with Gasteiger partial charge in [0.1, 0.15) is 10.9 Å². The summed E-state index contributed by atoms with van der Waals surface area (Å²) in [4.78, 5) is 2.00. The van der Waals surface area contributed by atoms with Crippen LogP contribution in [0.5, 0.6) is 0 Å². The van der Waals surface area contributed by atoms with Crippen molar-refractivity contribution in [3.63, 3.8) is 0 Å². The molecule has 2 rings (SSSR count). The molecule has 4 heteroatoms. The van der Waals surface area contributed by atoms with Crippen LogP contribution in [0.25, 0.3) is 0 Å². The van der Waals surface area contributed by atoms with E-state index in [1.54, 1.807) is 11.3 Å². The Bertz CT molecular complexity index is 388. The predicted octanol–water partition coefficient (Wildman–Crippen LogP) is 2.26. The monoisotopic (exact) mass is 250 g/mol. The first-order valence-electron chi connectivity index (χ1n) is 6.15. The van der Waals surface area contributed by atoms with Gasteiger partial charge in [0.15, 0.2) is 0 Å². The fraction of sp³-hybridized carbons (Fsp3) is 0.615. The highest BCUT2D eigenvalue weighted by Crippen LogP contribution is 2.23. The molecule has 0 spiro atoms. The number of aliphatic hydroxyl groups excluding tert-OH is 1. The van der Waals surface area contributed by atoms with Crippen LogP contribution in [-0.2, 0) is 6.54 Å². The molecule has 1 aromatic rings. The molecule has 2 N–H and O–H groups in total. The Hall–Kier alpha value is -0.890. The number of aliphatic hydroxyl groups is 1. The van der Waals surface area contributed by atoms with Crippen molar-refractivity contribution in [2.45, 2.75) is 38.3 Å². The molecule has 1 aliphatic rings. The van der Waals surface area contributed by atoms with E-state index in [0.717, 1.165) is 43.6 Å². The van der Waals surface area contributed by atoms with Crippen LogP contribution in [0.15, 0.2) is 12.1 Å². The zero-order chi connectivity index (χ0) is 12.1. The number of rotatable bonds is 4. The molecule has 0 radical (unpaired) electrons. The van der Waals surface area contributed by atoms with E-state index in [0.29, 0.717) is 5.92 Å². The van der Waals surface area contributed by atoms with Gasteiger partial charge in [0, 0.05) is 11.4 Å². The first-order chi connectivity index (χ1) is 8.28. The minimum atomic E-state index is -0.0678. The Morgan fingerprint density at radius 1 is 1.35 bits per heavy atom. The number of nitrogens with one attached hydrogen (secondary N) is 1. The summed E-state index contributed by atoms with van der Waals surface area (Å²) in [6.45, 7) is 1.87. The second-order valence-corrected chi connectivity index (χ2v) is 5.85. The van der Waals surface area contributed by atoms with E-state index in [1.807, 2.05) is 12.1 Å². The van der Waals surface area contributed by atoms with E-state index in [1.165, 1.54) is 4.88 Å². The summed E-state index contributed by atoms with van der Waals surface area (Å²) in [6, 6.07) is 6.04. The van der Waals surface area contributed by atoms with Gasteiger partial charge in [-0.05, 0) is 50.3 Å². The second kappa shape index (κ2) is 6.15. The Balaban J connectivity index is 1.67. The highest BCUT2D eigenvalue weighted by molar-refractivity contribution is 7.12. The third kappa shape index (κ3) is 3.81. The summed E-state index contributed by atoms with van der Waals surface area (Å²) < 4.78 is 0. The highest BCUT2D eigenvalue weighted by Gasteiger charge is 2.18. The molecule has 92 valence electrons. The molecule has 0 bridgehead atoms. The maximum absolute atomic E-state index is 9.41.